The van der Waals surface area contributed by atoms with Crippen molar-refractivity contribution in [2.24, 2.45) is 11.7 Å². The van der Waals surface area contributed by atoms with Gasteiger partial charge in [-0.05, 0) is 68.6 Å². The van der Waals surface area contributed by atoms with Crippen LogP contribution in [-0.2, 0) is 6.42 Å². The van der Waals surface area contributed by atoms with Crippen molar-refractivity contribution in [2.45, 2.75) is 71.3 Å². The van der Waals surface area contributed by atoms with Crippen LogP contribution in [0.15, 0.2) is 18.2 Å². The fraction of sp³-hybridized carbons (Fsp3) is 0.667. The summed E-state index contributed by atoms with van der Waals surface area (Å²) in [5, 5.41) is 0. The predicted molar refractivity (Wildman–Crippen MR) is 83.4 cm³/mol. The first-order chi connectivity index (χ1) is 9.04. The molecule has 1 fully saturated rings. The van der Waals surface area contributed by atoms with Gasteiger partial charge in [-0.15, -0.1) is 0 Å². The molecule has 0 spiro atoms. The van der Waals surface area contributed by atoms with Crippen LogP contribution >= 0.6 is 0 Å². The molecule has 106 valence electrons. The second-order valence-electron chi connectivity index (χ2n) is 6.64. The zero-order chi connectivity index (χ0) is 13.9. The summed E-state index contributed by atoms with van der Waals surface area (Å²) in [7, 11) is 0. The molecule has 0 heterocycles. The van der Waals surface area contributed by atoms with Crippen LogP contribution in [0.25, 0.3) is 0 Å². The molecule has 1 heteroatoms. The maximum absolute atomic E-state index is 6.69. The van der Waals surface area contributed by atoms with Crippen LogP contribution in [0.4, 0.5) is 0 Å². The van der Waals surface area contributed by atoms with Gasteiger partial charge in [-0.25, -0.2) is 0 Å². The minimum absolute atomic E-state index is 0.0428. The first kappa shape index (κ1) is 14.6. The lowest BCUT2D eigenvalue weighted by molar-refractivity contribution is 0.223. The van der Waals surface area contributed by atoms with E-state index in [4.69, 9.17) is 5.73 Å². The lowest BCUT2D eigenvalue weighted by Crippen LogP contribution is -2.45. The standard InChI is InChI=1S/C18H29N/c1-4-6-16-9-11-18(19,12-10-16)13-17-14(2)7-5-8-15(17)3/h5,7-8,16H,4,6,9-13,19H2,1-3H3. The van der Waals surface area contributed by atoms with E-state index in [1.807, 2.05) is 0 Å². The highest BCUT2D eigenvalue weighted by molar-refractivity contribution is 5.35. The molecule has 1 saturated carbocycles. The fourth-order valence-corrected chi connectivity index (χ4v) is 3.61. The van der Waals surface area contributed by atoms with Crippen LogP contribution in [0.1, 0.15) is 62.1 Å². The van der Waals surface area contributed by atoms with Crippen molar-refractivity contribution in [3.63, 3.8) is 0 Å². The Morgan fingerprint density at radius 3 is 2.26 bits per heavy atom. The van der Waals surface area contributed by atoms with Crippen LogP contribution in [0.5, 0.6) is 0 Å². The highest BCUT2D eigenvalue weighted by atomic mass is 14.7. The minimum atomic E-state index is 0.0428. The topological polar surface area (TPSA) is 26.0 Å². The normalized spacial score (nSPS) is 27.5. The number of benzene rings is 1. The highest BCUT2D eigenvalue weighted by Gasteiger charge is 2.32. The van der Waals surface area contributed by atoms with Crippen molar-refractivity contribution in [1.82, 2.24) is 0 Å². The molecule has 0 unspecified atom stereocenters. The van der Waals surface area contributed by atoms with Gasteiger partial charge in [0.1, 0.15) is 0 Å². The van der Waals surface area contributed by atoms with E-state index in [2.05, 4.69) is 39.0 Å². The molecule has 1 aliphatic carbocycles. The quantitative estimate of drug-likeness (QED) is 0.844. The lowest BCUT2D eigenvalue weighted by atomic mass is 9.72. The molecule has 1 aromatic rings. The van der Waals surface area contributed by atoms with Crippen molar-refractivity contribution in [3.8, 4) is 0 Å². The van der Waals surface area contributed by atoms with Crippen molar-refractivity contribution >= 4 is 0 Å². The van der Waals surface area contributed by atoms with E-state index < -0.39 is 0 Å². The number of aryl methyl sites for hydroxylation is 2. The number of hydrogen-bond donors (Lipinski definition) is 1. The third-order valence-corrected chi connectivity index (χ3v) is 4.97. The summed E-state index contributed by atoms with van der Waals surface area (Å²) in [6, 6.07) is 6.58. The molecule has 0 aliphatic heterocycles. The Morgan fingerprint density at radius 2 is 1.74 bits per heavy atom. The Morgan fingerprint density at radius 1 is 1.16 bits per heavy atom. The molecule has 1 nitrogen and oxygen atoms in total. The molecule has 2 rings (SSSR count). The number of rotatable bonds is 4. The monoisotopic (exact) mass is 259 g/mol. The van der Waals surface area contributed by atoms with Crippen molar-refractivity contribution in [2.75, 3.05) is 0 Å². The summed E-state index contributed by atoms with van der Waals surface area (Å²) < 4.78 is 0. The maximum Gasteiger partial charge on any atom is 0.0195 e. The van der Waals surface area contributed by atoms with Gasteiger partial charge in [0.2, 0.25) is 0 Å². The Bertz CT molecular complexity index is 393. The van der Waals surface area contributed by atoms with E-state index in [-0.39, 0.29) is 5.54 Å². The molecule has 0 radical (unpaired) electrons. The molecule has 19 heavy (non-hydrogen) atoms. The summed E-state index contributed by atoms with van der Waals surface area (Å²) in [5.74, 6) is 0.930. The van der Waals surface area contributed by atoms with Crippen molar-refractivity contribution < 1.29 is 0 Å². The minimum Gasteiger partial charge on any atom is -0.325 e. The number of nitrogens with two attached hydrogens (primary N) is 1. The zero-order valence-corrected chi connectivity index (χ0v) is 12.8. The van der Waals surface area contributed by atoms with Crippen molar-refractivity contribution in [1.29, 1.82) is 0 Å². The Balaban J connectivity index is 2.03. The van der Waals surface area contributed by atoms with E-state index in [0.717, 1.165) is 12.3 Å². The van der Waals surface area contributed by atoms with Crippen LogP contribution in [0.2, 0.25) is 0 Å². The highest BCUT2D eigenvalue weighted by Crippen LogP contribution is 2.35. The van der Waals surface area contributed by atoms with Gasteiger partial charge in [0.15, 0.2) is 0 Å². The zero-order valence-electron chi connectivity index (χ0n) is 12.8. The van der Waals surface area contributed by atoms with E-state index in [9.17, 15) is 0 Å². The Kier molecular flexibility index (Phi) is 4.67. The lowest BCUT2D eigenvalue weighted by Gasteiger charge is -2.38. The van der Waals surface area contributed by atoms with Crippen LogP contribution in [0, 0.1) is 19.8 Å². The Labute approximate surface area is 118 Å². The van der Waals surface area contributed by atoms with Crippen LogP contribution in [0.3, 0.4) is 0 Å². The van der Waals surface area contributed by atoms with Gasteiger partial charge in [0.05, 0.1) is 0 Å². The van der Waals surface area contributed by atoms with Gasteiger partial charge in [0.25, 0.3) is 0 Å². The average Bonchev–Trinajstić information content (AvgIpc) is 2.38. The van der Waals surface area contributed by atoms with E-state index >= 15 is 0 Å². The number of hydrogen-bond acceptors (Lipinski definition) is 1. The van der Waals surface area contributed by atoms with Gasteiger partial charge in [-0.1, -0.05) is 38.0 Å². The summed E-state index contributed by atoms with van der Waals surface area (Å²) in [4.78, 5) is 0. The molecular weight excluding hydrogens is 230 g/mol. The van der Waals surface area contributed by atoms with Gasteiger partial charge in [-0.3, -0.25) is 0 Å². The third kappa shape index (κ3) is 3.60. The first-order valence-electron chi connectivity index (χ1n) is 7.88. The van der Waals surface area contributed by atoms with E-state index in [1.165, 1.54) is 55.2 Å². The molecule has 2 N–H and O–H groups in total. The summed E-state index contributed by atoms with van der Waals surface area (Å²) in [6.07, 6.45) is 8.82. The van der Waals surface area contributed by atoms with Crippen LogP contribution < -0.4 is 5.73 Å². The largest absolute Gasteiger partial charge is 0.325 e. The molecule has 0 saturated heterocycles. The summed E-state index contributed by atoms with van der Waals surface area (Å²) >= 11 is 0. The predicted octanol–water partition coefficient (Wildman–Crippen LogP) is 4.53. The smallest absolute Gasteiger partial charge is 0.0195 e. The molecule has 1 aliphatic rings. The van der Waals surface area contributed by atoms with Gasteiger partial charge >= 0.3 is 0 Å². The SMILES string of the molecule is CCCC1CCC(N)(Cc2c(C)cccc2C)CC1. The summed E-state index contributed by atoms with van der Waals surface area (Å²) in [6.45, 7) is 6.73. The van der Waals surface area contributed by atoms with Gasteiger partial charge < -0.3 is 5.73 Å². The van der Waals surface area contributed by atoms with Crippen molar-refractivity contribution in [3.05, 3.63) is 34.9 Å². The van der Waals surface area contributed by atoms with E-state index in [1.54, 1.807) is 0 Å². The van der Waals surface area contributed by atoms with Gasteiger partial charge in [-0.2, -0.15) is 0 Å². The van der Waals surface area contributed by atoms with Gasteiger partial charge in [0, 0.05) is 5.54 Å². The fourth-order valence-electron chi connectivity index (χ4n) is 3.61. The second-order valence-corrected chi connectivity index (χ2v) is 6.64. The molecule has 0 atom stereocenters. The maximum atomic E-state index is 6.69. The molecule has 0 amide bonds. The average molecular weight is 259 g/mol. The van der Waals surface area contributed by atoms with E-state index in [0.29, 0.717) is 0 Å². The molecule has 0 bridgehead atoms. The molecular formula is C18H29N. The first-order valence-corrected chi connectivity index (χ1v) is 7.88. The Hall–Kier alpha value is -0.820. The van der Waals surface area contributed by atoms with Crippen LogP contribution in [-0.4, -0.2) is 5.54 Å². The third-order valence-electron chi connectivity index (χ3n) is 4.97. The molecule has 1 aromatic carbocycles. The second kappa shape index (κ2) is 6.09. The summed E-state index contributed by atoms with van der Waals surface area (Å²) in [5.41, 5.74) is 11.0. The molecule has 0 aromatic heterocycles.